The first-order valence-corrected chi connectivity index (χ1v) is 9.90. The molecule has 154 valence electrons. The van der Waals surface area contributed by atoms with Gasteiger partial charge < -0.3 is 26.2 Å². The maximum Gasteiger partial charge on any atom is 0.229 e. The molecule has 8 nitrogen and oxygen atoms in total. The van der Waals surface area contributed by atoms with Gasteiger partial charge >= 0.3 is 0 Å². The maximum atomic E-state index is 11.5. The highest BCUT2D eigenvalue weighted by atomic mass is 16.2. The molecule has 0 radical (unpaired) electrons. The third kappa shape index (κ3) is 4.78. The monoisotopic (exact) mass is 403 g/mol. The van der Waals surface area contributed by atoms with Gasteiger partial charge in [0, 0.05) is 62.0 Å². The van der Waals surface area contributed by atoms with Crippen molar-refractivity contribution < 1.29 is 4.79 Å². The van der Waals surface area contributed by atoms with Gasteiger partial charge in [-0.1, -0.05) is 6.07 Å². The molecule has 0 bridgehead atoms. The van der Waals surface area contributed by atoms with Gasteiger partial charge in [0.1, 0.15) is 5.82 Å². The van der Waals surface area contributed by atoms with Crippen LogP contribution < -0.4 is 21.3 Å². The van der Waals surface area contributed by atoms with Crippen molar-refractivity contribution in [1.29, 1.82) is 0 Å². The van der Waals surface area contributed by atoms with Crippen LogP contribution in [0.25, 0.3) is 0 Å². The second-order valence-corrected chi connectivity index (χ2v) is 7.18. The zero-order valence-electron chi connectivity index (χ0n) is 16.9. The van der Waals surface area contributed by atoms with E-state index in [-0.39, 0.29) is 5.91 Å². The SMILES string of the molecule is CC(=O)N1CCN(c2ccc(Nc3nccc(Nc4cccc(N)c4)n3)cc2)CC1. The lowest BCUT2D eigenvalue weighted by atomic mass is 10.2. The fourth-order valence-corrected chi connectivity index (χ4v) is 3.42. The smallest absolute Gasteiger partial charge is 0.229 e. The lowest BCUT2D eigenvalue weighted by Crippen LogP contribution is -2.48. The largest absolute Gasteiger partial charge is 0.399 e. The molecule has 1 aromatic heterocycles. The number of hydrogen-bond acceptors (Lipinski definition) is 7. The molecule has 0 saturated carbocycles. The van der Waals surface area contributed by atoms with Crippen LogP contribution in [0.2, 0.25) is 0 Å². The first kappa shape index (κ1) is 19.5. The Labute approximate surface area is 175 Å². The number of nitrogens with zero attached hydrogens (tertiary/aromatic N) is 4. The van der Waals surface area contributed by atoms with Gasteiger partial charge in [-0.3, -0.25) is 4.79 Å². The Morgan fingerprint density at radius 2 is 1.73 bits per heavy atom. The maximum absolute atomic E-state index is 11.5. The highest BCUT2D eigenvalue weighted by molar-refractivity contribution is 5.73. The summed E-state index contributed by atoms with van der Waals surface area (Å²) in [5, 5.41) is 6.46. The molecule has 2 aromatic carbocycles. The average Bonchev–Trinajstić information content (AvgIpc) is 2.75. The topological polar surface area (TPSA) is 99.4 Å². The Hall–Kier alpha value is -3.81. The fourth-order valence-electron chi connectivity index (χ4n) is 3.42. The van der Waals surface area contributed by atoms with Crippen LogP contribution in [0.3, 0.4) is 0 Å². The van der Waals surface area contributed by atoms with Crippen LogP contribution >= 0.6 is 0 Å². The fraction of sp³-hybridized carbons (Fsp3) is 0.227. The number of rotatable bonds is 5. The Balaban J connectivity index is 1.38. The van der Waals surface area contributed by atoms with Gasteiger partial charge in [-0.25, -0.2) is 4.98 Å². The van der Waals surface area contributed by atoms with Crippen LogP contribution in [0.4, 0.5) is 34.5 Å². The molecule has 1 aliphatic rings. The molecule has 1 saturated heterocycles. The molecule has 0 unspecified atom stereocenters. The summed E-state index contributed by atoms with van der Waals surface area (Å²) >= 11 is 0. The molecule has 0 atom stereocenters. The minimum absolute atomic E-state index is 0.140. The van der Waals surface area contributed by atoms with Crippen LogP contribution in [-0.2, 0) is 4.79 Å². The molecule has 0 aliphatic carbocycles. The van der Waals surface area contributed by atoms with Gasteiger partial charge in [-0.05, 0) is 48.5 Å². The number of nitrogen functional groups attached to an aromatic ring is 1. The molecule has 0 spiro atoms. The van der Waals surface area contributed by atoms with Crippen molar-refractivity contribution in [3.8, 4) is 0 Å². The number of nitrogens with two attached hydrogens (primary N) is 1. The summed E-state index contributed by atoms with van der Waals surface area (Å²) in [6.45, 7) is 4.82. The second-order valence-electron chi connectivity index (χ2n) is 7.18. The van der Waals surface area contributed by atoms with E-state index >= 15 is 0 Å². The first-order valence-electron chi connectivity index (χ1n) is 9.90. The van der Waals surface area contributed by atoms with Gasteiger partial charge in [0.25, 0.3) is 0 Å². The normalized spacial score (nSPS) is 13.8. The minimum atomic E-state index is 0.140. The molecule has 4 rings (SSSR count). The van der Waals surface area contributed by atoms with Crippen LogP contribution in [0.1, 0.15) is 6.92 Å². The predicted octanol–water partition coefficient (Wildman–Crippen LogP) is 3.21. The van der Waals surface area contributed by atoms with E-state index in [1.807, 2.05) is 41.3 Å². The van der Waals surface area contributed by atoms with Crippen LogP contribution in [0.15, 0.2) is 60.8 Å². The highest BCUT2D eigenvalue weighted by Crippen LogP contribution is 2.22. The minimum Gasteiger partial charge on any atom is -0.399 e. The predicted molar refractivity (Wildman–Crippen MR) is 120 cm³/mol. The third-order valence-electron chi connectivity index (χ3n) is 5.03. The summed E-state index contributed by atoms with van der Waals surface area (Å²) < 4.78 is 0. The highest BCUT2D eigenvalue weighted by Gasteiger charge is 2.18. The zero-order valence-corrected chi connectivity index (χ0v) is 16.9. The van der Waals surface area contributed by atoms with Gasteiger partial charge in [-0.2, -0.15) is 4.98 Å². The summed E-state index contributed by atoms with van der Waals surface area (Å²) in [6, 6.07) is 17.5. The standard InChI is InChI=1S/C22H25N7O/c1-16(30)28-11-13-29(14-12-28)20-7-5-18(6-8-20)26-22-24-10-9-21(27-22)25-19-4-2-3-17(23)15-19/h2-10,15H,11-14,23H2,1H3,(H2,24,25,26,27). The van der Waals surface area contributed by atoms with Crippen molar-refractivity contribution in [1.82, 2.24) is 14.9 Å². The number of amides is 1. The second kappa shape index (κ2) is 8.69. The van der Waals surface area contributed by atoms with Gasteiger partial charge in [0.05, 0.1) is 0 Å². The first-order chi connectivity index (χ1) is 14.6. The lowest BCUT2D eigenvalue weighted by molar-refractivity contribution is -0.129. The third-order valence-corrected chi connectivity index (χ3v) is 5.03. The van der Waals surface area contributed by atoms with Gasteiger partial charge in [0.2, 0.25) is 11.9 Å². The van der Waals surface area contributed by atoms with E-state index < -0.39 is 0 Å². The molecule has 4 N–H and O–H groups in total. The molecule has 8 heteroatoms. The van der Waals surface area contributed by atoms with Crippen molar-refractivity contribution in [2.24, 2.45) is 0 Å². The summed E-state index contributed by atoms with van der Waals surface area (Å²) in [5.41, 5.74) is 9.43. The molecule has 1 aliphatic heterocycles. The number of carbonyl (C=O) groups excluding carboxylic acids is 1. The Bertz CT molecular complexity index is 1010. The Kier molecular flexibility index (Phi) is 5.65. The number of hydrogen-bond donors (Lipinski definition) is 3. The van der Waals surface area contributed by atoms with Crippen LogP contribution in [0.5, 0.6) is 0 Å². The Morgan fingerprint density at radius 1 is 0.967 bits per heavy atom. The number of anilines is 6. The summed E-state index contributed by atoms with van der Waals surface area (Å²) in [7, 11) is 0. The molecule has 2 heterocycles. The van der Waals surface area contributed by atoms with E-state index in [4.69, 9.17) is 5.73 Å². The molecule has 30 heavy (non-hydrogen) atoms. The van der Waals surface area contributed by atoms with E-state index in [2.05, 4.69) is 37.6 Å². The molecular weight excluding hydrogens is 378 g/mol. The zero-order chi connectivity index (χ0) is 20.9. The van der Waals surface area contributed by atoms with Gasteiger partial charge in [0.15, 0.2) is 0 Å². The van der Waals surface area contributed by atoms with Crippen LogP contribution in [-0.4, -0.2) is 47.0 Å². The van der Waals surface area contributed by atoms with E-state index in [1.165, 1.54) is 0 Å². The van der Waals surface area contributed by atoms with E-state index in [9.17, 15) is 4.79 Å². The number of benzene rings is 2. The summed E-state index contributed by atoms with van der Waals surface area (Å²) in [6.07, 6.45) is 1.70. The number of piperazine rings is 1. The van der Waals surface area contributed by atoms with Crippen molar-refractivity contribution in [3.05, 3.63) is 60.8 Å². The van der Waals surface area contributed by atoms with Crippen molar-refractivity contribution >= 4 is 40.4 Å². The summed E-state index contributed by atoms with van der Waals surface area (Å²) in [4.78, 5) is 24.5. The quantitative estimate of drug-likeness (QED) is 0.563. The van der Waals surface area contributed by atoms with Crippen LogP contribution in [0, 0.1) is 0 Å². The lowest BCUT2D eigenvalue weighted by Gasteiger charge is -2.35. The van der Waals surface area contributed by atoms with Crippen molar-refractivity contribution in [2.45, 2.75) is 6.92 Å². The molecule has 1 amide bonds. The molecular formula is C22H25N7O. The number of aromatic nitrogens is 2. The number of carbonyl (C=O) groups is 1. The van der Waals surface area contributed by atoms with E-state index in [0.29, 0.717) is 17.5 Å². The molecule has 3 aromatic rings. The van der Waals surface area contributed by atoms with E-state index in [1.54, 1.807) is 19.2 Å². The Morgan fingerprint density at radius 3 is 2.43 bits per heavy atom. The number of nitrogens with one attached hydrogen (secondary N) is 2. The van der Waals surface area contributed by atoms with E-state index in [0.717, 1.165) is 43.2 Å². The summed E-state index contributed by atoms with van der Waals surface area (Å²) in [5.74, 6) is 1.33. The van der Waals surface area contributed by atoms with Crippen molar-refractivity contribution in [3.63, 3.8) is 0 Å². The average molecular weight is 403 g/mol. The molecule has 1 fully saturated rings. The van der Waals surface area contributed by atoms with Gasteiger partial charge in [-0.15, -0.1) is 0 Å². The van der Waals surface area contributed by atoms with Crippen molar-refractivity contribution in [2.75, 3.05) is 47.4 Å².